The highest BCUT2D eigenvalue weighted by Crippen LogP contribution is 2.26. The smallest absolute Gasteiger partial charge is 0.134 e. The Hall–Kier alpha value is -1.02. The number of carbonyl (C=O) groups excluding carboxylic acids is 1. The molecule has 0 aliphatic carbocycles. The Balaban J connectivity index is 3.08. The van der Waals surface area contributed by atoms with Crippen LogP contribution < -0.4 is 0 Å². The number of Topliss-reactive ketones (excluding diaryl/α,β-unsaturated/α-hetero) is 1. The summed E-state index contributed by atoms with van der Waals surface area (Å²) >= 11 is 5.78. The van der Waals surface area contributed by atoms with Crippen LogP contribution in [0, 0.1) is 6.92 Å². The van der Waals surface area contributed by atoms with E-state index in [1.165, 1.54) is 13.0 Å². The molecule has 0 unspecified atom stereocenters. The molecule has 0 atom stereocenters. The Labute approximate surface area is 82.2 Å². The maximum atomic E-state index is 10.8. The number of phenolic OH excluding ortho intramolecular Hbond substituents is 1. The fourth-order valence-corrected chi connectivity index (χ4v) is 1.30. The molecular weight excluding hydrogens is 188 g/mol. The molecule has 0 aromatic heterocycles. The van der Waals surface area contributed by atoms with E-state index >= 15 is 0 Å². The highest BCUT2D eigenvalue weighted by atomic mass is 35.5. The van der Waals surface area contributed by atoms with Crippen molar-refractivity contribution in [2.45, 2.75) is 20.3 Å². The van der Waals surface area contributed by atoms with Crippen LogP contribution in [0.25, 0.3) is 0 Å². The van der Waals surface area contributed by atoms with Crippen molar-refractivity contribution in [3.63, 3.8) is 0 Å². The second kappa shape index (κ2) is 3.79. The van der Waals surface area contributed by atoms with Crippen molar-refractivity contribution in [3.8, 4) is 5.75 Å². The Morgan fingerprint density at radius 2 is 2.15 bits per heavy atom. The van der Waals surface area contributed by atoms with Gasteiger partial charge >= 0.3 is 0 Å². The van der Waals surface area contributed by atoms with Gasteiger partial charge < -0.3 is 5.11 Å². The van der Waals surface area contributed by atoms with Crippen LogP contribution in [0.1, 0.15) is 18.1 Å². The number of aryl methyl sites for hydroxylation is 1. The van der Waals surface area contributed by atoms with Crippen molar-refractivity contribution < 1.29 is 9.90 Å². The van der Waals surface area contributed by atoms with Gasteiger partial charge in [-0.15, -0.1) is 0 Å². The zero-order valence-electron chi connectivity index (χ0n) is 7.60. The topological polar surface area (TPSA) is 37.3 Å². The number of halogens is 1. The molecule has 1 aromatic rings. The molecule has 3 heteroatoms. The Bertz CT molecular complexity index is 345. The molecule has 1 rings (SSSR count). The largest absolute Gasteiger partial charge is 0.508 e. The Morgan fingerprint density at radius 3 is 2.69 bits per heavy atom. The molecule has 0 saturated carbocycles. The normalized spacial score (nSPS) is 10.1. The van der Waals surface area contributed by atoms with Crippen LogP contribution in [-0.4, -0.2) is 10.9 Å². The summed E-state index contributed by atoms with van der Waals surface area (Å²) in [6, 6.07) is 3.20. The number of ketones is 1. The van der Waals surface area contributed by atoms with E-state index in [-0.39, 0.29) is 18.0 Å². The molecule has 2 nitrogen and oxygen atoms in total. The minimum absolute atomic E-state index is 0.0250. The SMILES string of the molecule is CC(=O)Cc1cc(C)c(Cl)cc1O. The molecule has 0 saturated heterocycles. The second-order valence-electron chi connectivity index (χ2n) is 3.11. The van der Waals surface area contributed by atoms with Crippen molar-refractivity contribution >= 4 is 17.4 Å². The van der Waals surface area contributed by atoms with Crippen molar-refractivity contribution in [2.24, 2.45) is 0 Å². The number of hydrogen-bond donors (Lipinski definition) is 1. The molecule has 13 heavy (non-hydrogen) atoms. The highest BCUT2D eigenvalue weighted by Gasteiger charge is 2.06. The van der Waals surface area contributed by atoms with Gasteiger partial charge in [0.15, 0.2) is 0 Å². The van der Waals surface area contributed by atoms with Crippen LogP contribution in [0.5, 0.6) is 5.75 Å². The summed E-state index contributed by atoms with van der Waals surface area (Å²) in [4.78, 5) is 10.8. The minimum Gasteiger partial charge on any atom is -0.508 e. The lowest BCUT2D eigenvalue weighted by atomic mass is 10.1. The summed E-state index contributed by atoms with van der Waals surface area (Å²) in [5, 5.41) is 9.95. The zero-order chi connectivity index (χ0) is 10.0. The molecule has 1 aromatic carbocycles. The van der Waals surface area contributed by atoms with Crippen molar-refractivity contribution in [1.82, 2.24) is 0 Å². The van der Waals surface area contributed by atoms with Gasteiger partial charge in [0.2, 0.25) is 0 Å². The number of phenols is 1. The van der Waals surface area contributed by atoms with Crippen LogP contribution in [0.2, 0.25) is 5.02 Å². The number of carbonyl (C=O) groups is 1. The summed E-state index contributed by atoms with van der Waals surface area (Å²) < 4.78 is 0. The molecule has 0 fully saturated rings. The maximum absolute atomic E-state index is 10.8. The fraction of sp³-hybridized carbons (Fsp3) is 0.300. The van der Waals surface area contributed by atoms with Gasteiger partial charge in [-0.2, -0.15) is 0 Å². The van der Waals surface area contributed by atoms with Crippen LogP contribution in [-0.2, 0) is 11.2 Å². The van der Waals surface area contributed by atoms with Crippen molar-refractivity contribution in [3.05, 3.63) is 28.3 Å². The predicted octanol–water partition coefficient (Wildman–Crippen LogP) is 2.49. The molecule has 70 valence electrons. The van der Waals surface area contributed by atoms with E-state index in [0.29, 0.717) is 10.6 Å². The molecule has 1 N–H and O–H groups in total. The third-order valence-corrected chi connectivity index (χ3v) is 2.21. The second-order valence-corrected chi connectivity index (χ2v) is 3.52. The maximum Gasteiger partial charge on any atom is 0.134 e. The number of benzene rings is 1. The predicted molar refractivity (Wildman–Crippen MR) is 52.2 cm³/mol. The molecule has 0 aliphatic rings. The average molecular weight is 199 g/mol. The monoisotopic (exact) mass is 198 g/mol. The van der Waals surface area contributed by atoms with Gasteiger partial charge in [0.05, 0.1) is 0 Å². The third kappa shape index (κ3) is 2.46. The van der Waals surface area contributed by atoms with Crippen LogP contribution >= 0.6 is 11.6 Å². The van der Waals surface area contributed by atoms with E-state index in [0.717, 1.165) is 5.56 Å². The lowest BCUT2D eigenvalue weighted by Crippen LogP contribution is -1.97. The first-order valence-corrected chi connectivity index (χ1v) is 4.36. The Morgan fingerprint density at radius 1 is 1.54 bits per heavy atom. The molecule has 0 bridgehead atoms. The number of hydrogen-bond acceptors (Lipinski definition) is 2. The summed E-state index contributed by atoms with van der Waals surface area (Å²) in [7, 11) is 0. The number of rotatable bonds is 2. The van der Waals surface area contributed by atoms with E-state index in [1.54, 1.807) is 6.07 Å². The first kappa shape index (κ1) is 10.1. The van der Waals surface area contributed by atoms with E-state index in [2.05, 4.69) is 0 Å². The van der Waals surface area contributed by atoms with Gasteiger partial charge in [-0.05, 0) is 25.5 Å². The molecule has 0 amide bonds. The zero-order valence-corrected chi connectivity index (χ0v) is 8.35. The van der Waals surface area contributed by atoms with Crippen LogP contribution in [0.4, 0.5) is 0 Å². The van der Waals surface area contributed by atoms with E-state index in [9.17, 15) is 9.90 Å². The summed E-state index contributed by atoms with van der Waals surface area (Å²) in [6.45, 7) is 3.33. The van der Waals surface area contributed by atoms with Gasteiger partial charge in [0.1, 0.15) is 11.5 Å². The van der Waals surface area contributed by atoms with Gasteiger partial charge in [0.25, 0.3) is 0 Å². The molecular formula is C10H11ClO2. The van der Waals surface area contributed by atoms with E-state index < -0.39 is 0 Å². The summed E-state index contributed by atoms with van der Waals surface area (Å²) in [5.74, 6) is 0.114. The highest BCUT2D eigenvalue weighted by molar-refractivity contribution is 6.31. The summed E-state index contributed by atoms with van der Waals surface area (Å²) in [5.41, 5.74) is 1.50. The lowest BCUT2D eigenvalue weighted by molar-refractivity contribution is -0.116. The fourth-order valence-electron chi connectivity index (χ4n) is 1.14. The van der Waals surface area contributed by atoms with Crippen LogP contribution in [0.15, 0.2) is 12.1 Å². The minimum atomic E-state index is 0.0250. The Kier molecular flexibility index (Phi) is 2.94. The quantitative estimate of drug-likeness (QED) is 0.793. The molecule has 0 radical (unpaired) electrons. The molecule has 0 spiro atoms. The average Bonchev–Trinajstić information content (AvgIpc) is 1.99. The number of aromatic hydroxyl groups is 1. The van der Waals surface area contributed by atoms with Gasteiger partial charge in [-0.25, -0.2) is 0 Å². The molecule has 0 heterocycles. The van der Waals surface area contributed by atoms with Crippen molar-refractivity contribution in [1.29, 1.82) is 0 Å². The lowest BCUT2D eigenvalue weighted by Gasteiger charge is -2.05. The van der Waals surface area contributed by atoms with E-state index in [1.807, 2.05) is 6.92 Å². The standard InChI is InChI=1S/C10H11ClO2/c1-6-3-8(4-7(2)12)10(13)5-9(6)11/h3,5,13H,4H2,1-2H3. The van der Waals surface area contributed by atoms with Gasteiger partial charge in [0, 0.05) is 17.0 Å². The van der Waals surface area contributed by atoms with Crippen molar-refractivity contribution in [2.75, 3.05) is 0 Å². The first-order chi connectivity index (χ1) is 6.00. The van der Waals surface area contributed by atoms with Gasteiger partial charge in [-0.1, -0.05) is 17.7 Å². The van der Waals surface area contributed by atoms with Gasteiger partial charge in [-0.3, -0.25) is 4.79 Å². The first-order valence-electron chi connectivity index (χ1n) is 3.98. The summed E-state index contributed by atoms with van der Waals surface area (Å²) in [6.07, 6.45) is 0.254. The third-order valence-electron chi connectivity index (χ3n) is 1.80. The molecule has 0 aliphatic heterocycles. The van der Waals surface area contributed by atoms with E-state index in [4.69, 9.17) is 11.6 Å². The van der Waals surface area contributed by atoms with Crippen LogP contribution in [0.3, 0.4) is 0 Å².